The monoisotopic (exact) mass is 274 g/mol. The van der Waals surface area contributed by atoms with Gasteiger partial charge in [0.05, 0.1) is 6.10 Å². The van der Waals surface area contributed by atoms with Crippen LogP contribution in [0.2, 0.25) is 0 Å². The smallest absolute Gasteiger partial charge is 0.355 e. The molecule has 0 aliphatic heterocycles. The van der Waals surface area contributed by atoms with Crippen LogP contribution in [0.3, 0.4) is 0 Å². The molecule has 7 nitrogen and oxygen atoms in total. The zero-order valence-electron chi connectivity index (χ0n) is 9.66. The fourth-order valence-electron chi connectivity index (χ4n) is 1.24. The van der Waals surface area contributed by atoms with Crippen molar-refractivity contribution in [3.05, 3.63) is 16.1 Å². The summed E-state index contributed by atoms with van der Waals surface area (Å²) in [5, 5.41) is 32.0. The molecule has 0 radical (unpaired) electrons. The predicted molar refractivity (Wildman–Crippen MR) is 63.3 cm³/mol. The molecule has 0 saturated heterocycles. The lowest BCUT2D eigenvalue weighted by atomic mass is 10.1. The van der Waals surface area contributed by atoms with Gasteiger partial charge in [0.1, 0.15) is 11.1 Å². The zero-order valence-corrected chi connectivity index (χ0v) is 10.5. The number of aliphatic hydroxyl groups excluding tert-OH is 2. The molecule has 0 aliphatic carbocycles. The lowest BCUT2D eigenvalue weighted by Gasteiger charge is -2.15. The molecule has 1 rings (SSSR count). The van der Waals surface area contributed by atoms with E-state index in [1.54, 1.807) is 0 Å². The fourth-order valence-corrected chi connectivity index (χ4v) is 2.07. The second-order valence-corrected chi connectivity index (χ2v) is 4.55. The molecule has 2 unspecified atom stereocenters. The highest BCUT2D eigenvalue weighted by Crippen LogP contribution is 2.22. The topological polar surface area (TPSA) is 120 Å². The normalized spacial score (nSPS) is 13.9. The number of thiazole rings is 1. The van der Waals surface area contributed by atoms with Gasteiger partial charge >= 0.3 is 5.97 Å². The first-order chi connectivity index (χ1) is 8.41. The minimum Gasteiger partial charge on any atom is -0.476 e. The van der Waals surface area contributed by atoms with Crippen molar-refractivity contribution in [2.24, 2.45) is 0 Å². The summed E-state index contributed by atoms with van der Waals surface area (Å²) in [5.74, 6) is -1.41. The number of carboxylic acids is 1. The molecule has 4 N–H and O–H groups in total. The van der Waals surface area contributed by atoms with Crippen molar-refractivity contribution < 1.29 is 24.9 Å². The van der Waals surface area contributed by atoms with Gasteiger partial charge in [-0.15, -0.1) is 11.3 Å². The summed E-state index contributed by atoms with van der Waals surface area (Å²) in [5.41, 5.74) is -0.164. The number of nitrogens with zero attached hydrogens (tertiary/aromatic N) is 1. The van der Waals surface area contributed by atoms with Crippen molar-refractivity contribution >= 4 is 23.2 Å². The Bertz CT molecular complexity index is 434. The number of aromatic nitrogens is 1. The van der Waals surface area contributed by atoms with E-state index >= 15 is 0 Å². The third kappa shape index (κ3) is 4.06. The minimum absolute atomic E-state index is 0.141. The number of carboxylic acid groups (broad SMARTS) is 1. The van der Waals surface area contributed by atoms with Gasteiger partial charge in [0.25, 0.3) is 0 Å². The van der Waals surface area contributed by atoms with Gasteiger partial charge in [-0.3, -0.25) is 4.79 Å². The molecule has 1 aromatic rings. The lowest BCUT2D eigenvalue weighted by Crippen LogP contribution is -2.27. The Morgan fingerprint density at radius 1 is 1.50 bits per heavy atom. The van der Waals surface area contributed by atoms with Gasteiger partial charge in [0.2, 0.25) is 5.91 Å². The molecule has 0 aliphatic rings. The van der Waals surface area contributed by atoms with E-state index in [2.05, 4.69) is 10.3 Å². The van der Waals surface area contributed by atoms with Crippen LogP contribution in [0.25, 0.3) is 0 Å². The SMILES string of the molecule is CC(=O)NCCC(O)C(O)c1nc(C(=O)O)cs1. The number of carbonyl (C=O) groups excluding carboxylic acids is 1. The van der Waals surface area contributed by atoms with E-state index < -0.39 is 18.2 Å². The summed E-state index contributed by atoms with van der Waals surface area (Å²) >= 11 is 0.965. The Labute approximate surface area is 107 Å². The van der Waals surface area contributed by atoms with E-state index in [0.29, 0.717) is 0 Å². The van der Waals surface area contributed by atoms with Gasteiger partial charge in [0.15, 0.2) is 5.69 Å². The van der Waals surface area contributed by atoms with Crippen LogP contribution in [-0.2, 0) is 4.79 Å². The number of amides is 1. The molecule has 0 fully saturated rings. The summed E-state index contributed by atoms with van der Waals surface area (Å²) in [6, 6.07) is 0. The van der Waals surface area contributed by atoms with Gasteiger partial charge in [-0.05, 0) is 6.42 Å². The maximum absolute atomic E-state index is 10.6. The van der Waals surface area contributed by atoms with Crippen LogP contribution < -0.4 is 5.32 Å². The number of hydrogen-bond donors (Lipinski definition) is 4. The highest BCUT2D eigenvalue weighted by atomic mass is 32.1. The van der Waals surface area contributed by atoms with Gasteiger partial charge in [-0.25, -0.2) is 9.78 Å². The van der Waals surface area contributed by atoms with Gasteiger partial charge in [-0.2, -0.15) is 0 Å². The van der Waals surface area contributed by atoms with Gasteiger partial charge < -0.3 is 20.6 Å². The van der Waals surface area contributed by atoms with E-state index in [1.807, 2.05) is 0 Å². The predicted octanol–water partition coefficient (Wildman–Crippen LogP) is -0.238. The second kappa shape index (κ2) is 6.43. The molecule has 1 aromatic heterocycles. The lowest BCUT2D eigenvalue weighted by molar-refractivity contribution is -0.119. The molecule has 100 valence electrons. The fraction of sp³-hybridized carbons (Fsp3) is 0.500. The summed E-state index contributed by atoms with van der Waals surface area (Å²) in [7, 11) is 0. The largest absolute Gasteiger partial charge is 0.476 e. The van der Waals surface area contributed by atoms with E-state index in [0.717, 1.165) is 11.3 Å². The Morgan fingerprint density at radius 2 is 2.17 bits per heavy atom. The van der Waals surface area contributed by atoms with Gasteiger partial charge in [0, 0.05) is 18.8 Å². The average molecular weight is 274 g/mol. The molecule has 0 saturated carbocycles. The molecule has 0 aromatic carbocycles. The van der Waals surface area contributed by atoms with Crippen molar-refractivity contribution in [1.82, 2.24) is 10.3 Å². The molecule has 0 spiro atoms. The summed E-state index contributed by atoms with van der Waals surface area (Å²) in [6.07, 6.45) is -2.20. The maximum atomic E-state index is 10.6. The quantitative estimate of drug-likeness (QED) is 0.568. The highest BCUT2D eigenvalue weighted by Gasteiger charge is 2.22. The van der Waals surface area contributed by atoms with E-state index in [4.69, 9.17) is 5.11 Å². The van der Waals surface area contributed by atoms with Crippen LogP contribution >= 0.6 is 11.3 Å². The van der Waals surface area contributed by atoms with Gasteiger partial charge in [-0.1, -0.05) is 0 Å². The van der Waals surface area contributed by atoms with Crippen LogP contribution in [-0.4, -0.2) is 44.8 Å². The van der Waals surface area contributed by atoms with Crippen LogP contribution in [0.1, 0.15) is 34.9 Å². The highest BCUT2D eigenvalue weighted by molar-refractivity contribution is 7.09. The first kappa shape index (κ1) is 14.6. The van der Waals surface area contributed by atoms with Crippen molar-refractivity contribution in [2.45, 2.75) is 25.6 Å². The number of rotatable bonds is 6. The number of carbonyl (C=O) groups is 2. The van der Waals surface area contributed by atoms with Crippen LogP contribution in [0.5, 0.6) is 0 Å². The Hall–Kier alpha value is -1.51. The number of aliphatic hydroxyl groups is 2. The summed E-state index contributed by atoms with van der Waals surface area (Å²) < 4.78 is 0. The summed E-state index contributed by atoms with van der Waals surface area (Å²) in [6.45, 7) is 1.58. The molecular formula is C10H14N2O5S. The molecule has 2 atom stereocenters. The maximum Gasteiger partial charge on any atom is 0.355 e. The molecule has 8 heteroatoms. The number of hydrogen-bond acceptors (Lipinski definition) is 6. The number of nitrogens with one attached hydrogen (secondary N) is 1. The van der Waals surface area contributed by atoms with E-state index in [-0.39, 0.29) is 29.6 Å². The van der Waals surface area contributed by atoms with Crippen LogP contribution in [0.15, 0.2) is 5.38 Å². The first-order valence-electron chi connectivity index (χ1n) is 5.21. The van der Waals surface area contributed by atoms with Crippen molar-refractivity contribution in [3.8, 4) is 0 Å². The van der Waals surface area contributed by atoms with E-state index in [9.17, 15) is 19.8 Å². The minimum atomic E-state index is -1.25. The Morgan fingerprint density at radius 3 is 2.67 bits per heavy atom. The second-order valence-electron chi connectivity index (χ2n) is 3.66. The molecule has 1 amide bonds. The molecular weight excluding hydrogens is 260 g/mol. The Kier molecular flexibility index (Phi) is 5.20. The van der Waals surface area contributed by atoms with Crippen molar-refractivity contribution in [2.75, 3.05) is 6.54 Å². The third-order valence-electron chi connectivity index (χ3n) is 2.17. The zero-order chi connectivity index (χ0) is 13.7. The standard InChI is InChI=1S/C10H14N2O5S/c1-5(13)11-3-2-7(14)8(15)9-12-6(4-18-9)10(16)17/h4,7-8,14-15H,2-3H2,1H3,(H,11,13)(H,16,17). The molecule has 0 bridgehead atoms. The molecule has 1 heterocycles. The first-order valence-corrected chi connectivity index (χ1v) is 6.09. The number of aromatic carboxylic acids is 1. The summed E-state index contributed by atoms with van der Waals surface area (Å²) in [4.78, 5) is 24.9. The molecule has 18 heavy (non-hydrogen) atoms. The van der Waals surface area contributed by atoms with Crippen molar-refractivity contribution in [3.63, 3.8) is 0 Å². The van der Waals surface area contributed by atoms with Crippen LogP contribution in [0, 0.1) is 0 Å². The average Bonchev–Trinajstić information content (AvgIpc) is 2.76. The van der Waals surface area contributed by atoms with Crippen LogP contribution in [0.4, 0.5) is 0 Å². The third-order valence-corrected chi connectivity index (χ3v) is 3.09. The van der Waals surface area contributed by atoms with Crippen molar-refractivity contribution in [1.29, 1.82) is 0 Å². The Balaban J connectivity index is 2.53. The van der Waals surface area contributed by atoms with E-state index in [1.165, 1.54) is 12.3 Å².